The van der Waals surface area contributed by atoms with E-state index in [1.807, 2.05) is 36.4 Å². The number of carbonyl (C=O) groups excluding carboxylic acids is 2. The quantitative estimate of drug-likeness (QED) is 0.604. The molecule has 1 heterocycles. The molecule has 1 aliphatic heterocycles. The molecule has 4 rings (SSSR count). The number of amides is 2. The molecule has 5 nitrogen and oxygen atoms in total. The minimum Gasteiger partial charge on any atom is -0.334 e. The highest BCUT2D eigenvalue weighted by atomic mass is 35.5. The van der Waals surface area contributed by atoms with E-state index in [2.05, 4.69) is 10.7 Å². The molecule has 2 amide bonds. The largest absolute Gasteiger partial charge is 0.334 e. The average molecular weight is 439 g/mol. The minimum absolute atomic E-state index is 0.311. The Morgan fingerprint density at radius 3 is 2.30 bits per heavy atom. The van der Waals surface area contributed by atoms with Gasteiger partial charge in [0, 0.05) is 16.1 Å². The molecule has 2 atom stereocenters. The van der Waals surface area contributed by atoms with Crippen molar-refractivity contribution in [3.8, 4) is 0 Å². The van der Waals surface area contributed by atoms with Crippen LogP contribution in [0.2, 0.25) is 10.0 Å². The predicted molar refractivity (Wildman–Crippen MR) is 117 cm³/mol. The molecule has 30 heavy (non-hydrogen) atoms. The molecule has 2 N–H and O–H groups in total. The molecular weight excluding hydrogens is 421 g/mol. The molecule has 1 aliphatic rings. The first-order valence-electron chi connectivity index (χ1n) is 9.32. The molecule has 7 heteroatoms. The highest BCUT2D eigenvalue weighted by molar-refractivity contribution is 6.36. The van der Waals surface area contributed by atoms with Gasteiger partial charge in [0.25, 0.3) is 5.91 Å². The zero-order valence-corrected chi connectivity index (χ0v) is 17.3. The van der Waals surface area contributed by atoms with Crippen molar-refractivity contribution in [2.45, 2.75) is 12.1 Å². The number of rotatable bonds is 4. The fraction of sp³-hybridized carbons (Fsp3) is 0.0870. The van der Waals surface area contributed by atoms with E-state index in [9.17, 15) is 9.59 Å². The maximum Gasteiger partial charge on any atom is 0.304 e. The summed E-state index contributed by atoms with van der Waals surface area (Å²) in [6.07, 6.45) is 1.74. The maximum atomic E-state index is 12.8. The second-order valence-electron chi connectivity index (χ2n) is 6.85. The van der Waals surface area contributed by atoms with Gasteiger partial charge in [0.1, 0.15) is 0 Å². The van der Waals surface area contributed by atoms with Crippen molar-refractivity contribution >= 4 is 41.2 Å². The zero-order chi connectivity index (χ0) is 21.1. The summed E-state index contributed by atoms with van der Waals surface area (Å²) >= 11 is 12.3. The number of carbonyl (C=O) groups is 2. The van der Waals surface area contributed by atoms with Crippen LogP contribution in [0.5, 0.6) is 0 Å². The van der Waals surface area contributed by atoms with E-state index in [1.165, 1.54) is 0 Å². The lowest BCUT2D eigenvalue weighted by molar-refractivity contribution is -0.596. The van der Waals surface area contributed by atoms with Crippen molar-refractivity contribution in [3.63, 3.8) is 0 Å². The van der Waals surface area contributed by atoms with Crippen molar-refractivity contribution in [1.29, 1.82) is 0 Å². The normalized spacial score (nSPS) is 19.5. The van der Waals surface area contributed by atoms with Crippen LogP contribution in [-0.4, -0.2) is 28.8 Å². The number of nitrogens with one attached hydrogen (secondary N) is 2. The SMILES string of the molecule is O=C(N[C@@H]1C(=O)N/[N+](=C\c2ccc(Cl)cc2Cl)[C@H]1c1ccccc1)c1ccccc1. The van der Waals surface area contributed by atoms with Crippen molar-refractivity contribution in [3.05, 3.63) is 106 Å². The molecule has 150 valence electrons. The third-order valence-electron chi connectivity index (χ3n) is 4.84. The second kappa shape index (κ2) is 8.69. The van der Waals surface area contributed by atoms with E-state index < -0.39 is 12.1 Å². The highest BCUT2D eigenvalue weighted by Gasteiger charge is 2.47. The smallest absolute Gasteiger partial charge is 0.304 e. The van der Waals surface area contributed by atoms with E-state index in [0.29, 0.717) is 21.2 Å². The molecule has 1 fully saturated rings. The second-order valence-corrected chi connectivity index (χ2v) is 7.69. The average Bonchev–Trinajstić information content (AvgIpc) is 3.06. The van der Waals surface area contributed by atoms with Crippen LogP contribution >= 0.6 is 23.2 Å². The third-order valence-corrected chi connectivity index (χ3v) is 5.40. The fourth-order valence-electron chi connectivity index (χ4n) is 3.40. The van der Waals surface area contributed by atoms with Crippen LogP contribution in [0.15, 0.2) is 78.9 Å². The minimum atomic E-state index is -0.789. The van der Waals surface area contributed by atoms with Gasteiger partial charge in [-0.05, 0) is 30.3 Å². The van der Waals surface area contributed by atoms with Crippen molar-refractivity contribution in [2.75, 3.05) is 0 Å². The monoisotopic (exact) mass is 438 g/mol. The van der Waals surface area contributed by atoms with Gasteiger partial charge < -0.3 is 5.32 Å². The van der Waals surface area contributed by atoms with Gasteiger partial charge in [-0.3, -0.25) is 9.59 Å². The first kappa shape index (κ1) is 20.1. The Morgan fingerprint density at radius 2 is 1.63 bits per heavy atom. The van der Waals surface area contributed by atoms with Crippen LogP contribution in [0.4, 0.5) is 0 Å². The van der Waals surface area contributed by atoms with Gasteiger partial charge >= 0.3 is 5.91 Å². The number of hydrogen-bond donors (Lipinski definition) is 2. The Balaban J connectivity index is 1.72. The number of benzene rings is 3. The zero-order valence-electron chi connectivity index (χ0n) is 15.8. The standard InChI is InChI=1S/C23H17Cl2N3O2/c24-18-12-11-17(19(25)13-18)14-28-21(15-7-3-1-4-8-15)20(23(30)27-28)26-22(29)16-9-5-2-6-10-16/h1-14,20-21H,(H-,26,27,29,30)/p+1/b28-14-/t20-,21-/m0/s1. The summed E-state index contributed by atoms with van der Waals surface area (Å²) in [5, 5.41) is 3.85. The Bertz CT molecular complexity index is 1120. The van der Waals surface area contributed by atoms with Crippen LogP contribution in [-0.2, 0) is 4.79 Å². The summed E-state index contributed by atoms with van der Waals surface area (Å²) < 4.78 is 1.67. The Hall–Kier alpha value is -3.15. The highest BCUT2D eigenvalue weighted by Crippen LogP contribution is 2.26. The summed E-state index contributed by atoms with van der Waals surface area (Å²) in [5.41, 5.74) is 4.88. The molecule has 0 unspecified atom stereocenters. The lowest BCUT2D eigenvalue weighted by Crippen LogP contribution is -2.42. The number of nitrogens with zero attached hydrogens (tertiary/aromatic N) is 1. The summed E-state index contributed by atoms with van der Waals surface area (Å²) in [5.74, 6) is -0.627. The van der Waals surface area contributed by atoms with Crippen molar-refractivity contribution in [2.24, 2.45) is 0 Å². The summed E-state index contributed by atoms with van der Waals surface area (Å²) in [6, 6.07) is 22.2. The summed E-state index contributed by atoms with van der Waals surface area (Å²) in [4.78, 5) is 25.5. The van der Waals surface area contributed by atoms with Gasteiger partial charge in [-0.25, -0.2) is 0 Å². The van der Waals surface area contributed by atoms with Gasteiger partial charge in [0.15, 0.2) is 6.04 Å². The van der Waals surface area contributed by atoms with Gasteiger partial charge in [-0.2, -0.15) is 0 Å². The lowest BCUT2D eigenvalue weighted by Gasteiger charge is -2.14. The van der Waals surface area contributed by atoms with E-state index in [1.54, 1.807) is 53.4 Å². The molecular formula is C23H18Cl2N3O2+. The maximum absolute atomic E-state index is 12.8. The van der Waals surface area contributed by atoms with Gasteiger partial charge in [0.2, 0.25) is 12.3 Å². The molecule has 3 aromatic carbocycles. The molecule has 0 aromatic heterocycles. The van der Waals surface area contributed by atoms with Crippen LogP contribution in [0.25, 0.3) is 0 Å². The first-order valence-corrected chi connectivity index (χ1v) is 10.1. The third kappa shape index (κ3) is 4.22. The molecule has 3 aromatic rings. The van der Waals surface area contributed by atoms with Crippen molar-refractivity contribution < 1.29 is 14.3 Å². The first-order chi connectivity index (χ1) is 14.5. The van der Waals surface area contributed by atoms with E-state index in [4.69, 9.17) is 23.2 Å². The molecule has 0 spiro atoms. The van der Waals surface area contributed by atoms with E-state index >= 15 is 0 Å². The Morgan fingerprint density at radius 1 is 0.967 bits per heavy atom. The van der Waals surface area contributed by atoms with E-state index in [0.717, 1.165) is 5.56 Å². The summed E-state index contributed by atoms with van der Waals surface area (Å²) in [7, 11) is 0. The summed E-state index contributed by atoms with van der Waals surface area (Å²) in [6.45, 7) is 0. The van der Waals surface area contributed by atoms with E-state index in [-0.39, 0.29) is 11.8 Å². The molecule has 0 radical (unpaired) electrons. The van der Waals surface area contributed by atoms with Gasteiger partial charge in [-0.1, -0.05) is 71.7 Å². The molecule has 0 saturated carbocycles. The van der Waals surface area contributed by atoms with Crippen LogP contribution in [0.1, 0.15) is 27.5 Å². The Kier molecular flexibility index (Phi) is 5.84. The number of hydrogen-bond acceptors (Lipinski definition) is 2. The van der Waals surface area contributed by atoms with Crippen molar-refractivity contribution in [1.82, 2.24) is 10.7 Å². The predicted octanol–water partition coefficient (Wildman–Crippen LogP) is 4.01. The molecule has 0 aliphatic carbocycles. The molecule has 1 saturated heterocycles. The lowest BCUT2D eigenvalue weighted by atomic mass is 10.00. The van der Waals surface area contributed by atoms with Crippen LogP contribution in [0.3, 0.4) is 0 Å². The van der Waals surface area contributed by atoms with Gasteiger partial charge in [0.05, 0.1) is 10.6 Å². The topological polar surface area (TPSA) is 61.2 Å². The number of hydrazine groups is 1. The molecule has 0 bridgehead atoms. The van der Waals surface area contributed by atoms with Crippen LogP contribution in [0, 0.1) is 0 Å². The Labute approximate surface area is 183 Å². The number of halogens is 2. The fourth-order valence-corrected chi connectivity index (χ4v) is 3.86. The number of hydrazone groups is 1. The van der Waals surface area contributed by atoms with Crippen LogP contribution < -0.4 is 10.7 Å². The van der Waals surface area contributed by atoms with Gasteiger partial charge in [-0.15, -0.1) is 10.1 Å².